The van der Waals surface area contributed by atoms with E-state index in [9.17, 15) is 5.11 Å². The molecule has 3 unspecified atom stereocenters. The lowest BCUT2D eigenvalue weighted by atomic mass is 9.87. The van der Waals surface area contributed by atoms with Crippen LogP contribution in [0, 0.1) is 5.92 Å². The molecular formula is C15H21Cl2NO. The molecule has 4 heteroatoms. The highest BCUT2D eigenvalue weighted by Crippen LogP contribution is 2.31. The molecule has 1 aliphatic heterocycles. The van der Waals surface area contributed by atoms with Crippen LogP contribution in [0.25, 0.3) is 0 Å². The second-order valence-electron chi connectivity index (χ2n) is 5.37. The third kappa shape index (κ3) is 4.09. The van der Waals surface area contributed by atoms with Crippen LogP contribution in [0.5, 0.6) is 0 Å². The first-order chi connectivity index (χ1) is 9.10. The third-order valence-electron chi connectivity index (χ3n) is 4.01. The molecule has 3 atom stereocenters. The Morgan fingerprint density at radius 3 is 2.95 bits per heavy atom. The highest BCUT2D eigenvalue weighted by Gasteiger charge is 2.24. The fourth-order valence-electron chi connectivity index (χ4n) is 2.81. The normalized spacial score (nSPS) is 25.3. The predicted molar refractivity (Wildman–Crippen MR) is 80.8 cm³/mol. The van der Waals surface area contributed by atoms with E-state index in [1.165, 1.54) is 12.8 Å². The lowest BCUT2D eigenvalue weighted by Gasteiger charge is -2.31. The van der Waals surface area contributed by atoms with Crippen LogP contribution in [0.2, 0.25) is 10.0 Å². The molecule has 2 N–H and O–H groups in total. The Hall–Kier alpha value is -0.280. The second kappa shape index (κ2) is 6.94. The van der Waals surface area contributed by atoms with E-state index in [0.29, 0.717) is 22.5 Å². The maximum atomic E-state index is 10.4. The van der Waals surface area contributed by atoms with Crippen molar-refractivity contribution in [1.82, 2.24) is 5.32 Å². The summed E-state index contributed by atoms with van der Waals surface area (Å²) in [6.07, 6.45) is 3.72. The van der Waals surface area contributed by atoms with Gasteiger partial charge in [0.25, 0.3) is 0 Å². The van der Waals surface area contributed by atoms with Crippen molar-refractivity contribution in [2.24, 2.45) is 5.92 Å². The Bertz CT molecular complexity index is 425. The second-order valence-corrected chi connectivity index (χ2v) is 6.21. The topological polar surface area (TPSA) is 32.3 Å². The Balaban J connectivity index is 2.00. The van der Waals surface area contributed by atoms with E-state index in [1.54, 1.807) is 18.2 Å². The van der Waals surface area contributed by atoms with E-state index in [1.807, 2.05) is 0 Å². The number of aliphatic hydroxyl groups excluding tert-OH is 1. The highest BCUT2D eigenvalue weighted by atomic mass is 35.5. The predicted octanol–water partition coefficient (Wildman–Crippen LogP) is 4.20. The van der Waals surface area contributed by atoms with Gasteiger partial charge in [-0.1, -0.05) is 36.5 Å². The van der Waals surface area contributed by atoms with E-state index in [-0.39, 0.29) is 0 Å². The molecule has 0 aromatic heterocycles. The summed E-state index contributed by atoms with van der Waals surface area (Å²) in [5.74, 6) is 0.772. The zero-order valence-electron chi connectivity index (χ0n) is 11.2. The maximum Gasteiger partial charge on any atom is 0.0819 e. The molecule has 19 heavy (non-hydrogen) atoms. The molecule has 106 valence electrons. The Morgan fingerprint density at radius 2 is 2.21 bits per heavy atom. The summed E-state index contributed by atoms with van der Waals surface area (Å²) in [7, 11) is 0. The van der Waals surface area contributed by atoms with Crippen LogP contribution < -0.4 is 5.32 Å². The van der Waals surface area contributed by atoms with Gasteiger partial charge in [-0.05, 0) is 49.9 Å². The van der Waals surface area contributed by atoms with Crippen LogP contribution in [0.4, 0.5) is 0 Å². The summed E-state index contributed by atoms with van der Waals surface area (Å²) in [6.45, 7) is 3.27. The molecule has 0 saturated carbocycles. The van der Waals surface area contributed by atoms with Gasteiger partial charge >= 0.3 is 0 Å². The van der Waals surface area contributed by atoms with Crippen molar-refractivity contribution in [3.63, 3.8) is 0 Å². The molecule has 0 radical (unpaired) electrons. The Labute approximate surface area is 125 Å². The van der Waals surface area contributed by atoms with Crippen molar-refractivity contribution >= 4 is 23.2 Å². The van der Waals surface area contributed by atoms with Gasteiger partial charge in [-0.2, -0.15) is 0 Å². The Kier molecular flexibility index (Phi) is 5.52. The fourth-order valence-corrected chi connectivity index (χ4v) is 3.24. The minimum atomic E-state index is -0.556. The monoisotopic (exact) mass is 301 g/mol. The molecule has 1 aromatic carbocycles. The lowest BCUT2D eigenvalue weighted by Crippen LogP contribution is -2.38. The van der Waals surface area contributed by atoms with Gasteiger partial charge in [0.15, 0.2) is 0 Å². The quantitative estimate of drug-likeness (QED) is 0.874. The van der Waals surface area contributed by atoms with Crippen LogP contribution in [0.1, 0.15) is 44.3 Å². The van der Waals surface area contributed by atoms with Gasteiger partial charge in [-0.15, -0.1) is 0 Å². The van der Waals surface area contributed by atoms with Gasteiger partial charge in [-0.25, -0.2) is 0 Å². The van der Waals surface area contributed by atoms with Crippen molar-refractivity contribution in [2.45, 2.75) is 44.8 Å². The average molecular weight is 302 g/mol. The first-order valence-corrected chi connectivity index (χ1v) is 7.72. The molecule has 1 fully saturated rings. The lowest BCUT2D eigenvalue weighted by molar-refractivity contribution is 0.136. The molecule has 1 aliphatic rings. The van der Waals surface area contributed by atoms with Crippen molar-refractivity contribution in [3.8, 4) is 0 Å². The number of rotatable bonds is 4. The molecule has 0 amide bonds. The van der Waals surface area contributed by atoms with Crippen LogP contribution in [0.15, 0.2) is 18.2 Å². The molecule has 2 nitrogen and oxygen atoms in total. The number of piperidine rings is 1. The number of nitrogens with one attached hydrogen (secondary N) is 1. The molecular weight excluding hydrogens is 281 g/mol. The summed E-state index contributed by atoms with van der Waals surface area (Å²) in [4.78, 5) is 0. The van der Waals surface area contributed by atoms with Crippen molar-refractivity contribution in [3.05, 3.63) is 33.8 Å². The summed E-state index contributed by atoms with van der Waals surface area (Å²) >= 11 is 12.1. The SMILES string of the molecule is CCC1CCNC(CC(O)c2cc(Cl)ccc2Cl)C1. The van der Waals surface area contributed by atoms with E-state index >= 15 is 0 Å². The fraction of sp³-hybridized carbons (Fsp3) is 0.600. The number of hydrogen-bond donors (Lipinski definition) is 2. The molecule has 1 saturated heterocycles. The van der Waals surface area contributed by atoms with Crippen molar-refractivity contribution in [1.29, 1.82) is 0 Å². The zero-order chi connectivity index (χ0) is 13.8. The van der Waals surface area contributed by atoms with Crippen LogP contribution in [-0.2, 0) is 0 Å². The minimum Gasteiger partial charge on any atom is -0.388 e. The molecule has 1 heterocycles. The average Bonchev–Trinajstić information content (AvgIpc) is 2.41. The molecule has 2 rings (SSSR count). The molecule has 0 spiro atoms. The summed E-state index contributed by atoms with van der Waals surface area (Å²) < 4.78 is 0. The third-order valence-corrected chi connectivity index (χ3v) is 4.58. The number of halogens is 2. The largest absolute Gasteiger partial charge is 0.388 e. The van der Waals surface area contributed by atoms with E-state index in [0.717, 1.165) is 24.4 Å². The molecule has 0 bridgehead atoms. The standard InChI is InChI=1S/C15H21Cl2NO/c1-2-10-5-6-18-12(7-10)9-15(19)13-8-11(16)3-4-14(13)17/h3-4,8,10,12,15,18-19H,2,5-7,9H2,1H3. The van der Waals surface area contributed by atoms with E-state index in [2.05, 4.69) is 12.2 Å². The maximum absolute atomic E-state index is 10.4. The number of hydrogen-bond acceptors (Lipinski definition) is 2. The van der Waals surface area contributed by atoms with Crippen LogP contribution in [0.3, 0.4) is 0 Å². The van der Waals surface area contributed by atoms with Gasteiger partial charge in [0.2, 0.25) is 0 Å². The van der Waals surface area contributed by atoms with E-state index in [4.69, 9.17) is 23.2 Å². The van der Waals surface area contributed by atoms with Gasteiger partial charge in [0.05, 0.1) is 6.10 Å². The summed E-state index contributed by atoms with van der Waals surface area (Å²) in [6, 6.07) is 5.61. The summed E-state index contributed by atoms with van der Waals surface area (Å²) in [5, 5.41) is 15.0. The smallest absolute Gasteiger partial charge is 0.0819 e. The van der Waals surface area contributed by atoms with Crippen LogP contribution in [-0.4, -0.2) is 17.7 Å². The first-order valence-electron chi connectivity index (χ1n) is 6.96. The molecule has 0 aliphatic carbocycles. The number of benzene rings is 1. The summed E-state index contributed by atoms with van der Waals surface area (Å²) in [5.41, 5.74) is 0.731. The minimum absolute atomic E-state index is 0.365. The molecule has 1 aromatic rings. The number of aliphatic hydroxyl groups is 1. The first kappa shape index (κ1) is 15.1. The Morgan fingerprint density at radius 1 is 1.42 bits per heavy atom. The van der Waals surface area contributed by atoms with Gasteiger partial charge < -0.3 is 10.4 Å². The van der Waals surface area contributed by atoms with Crippen molar-refractivity contribution < 1.29 is 5.11 Å². The van der Waals surface area contributed by atoms with Crippen LogP contribution >= 0.6 is 23.2 Å². The highest BCUT2D eigenvalue weighted by molar-refractivity contribution is 6.33. The van der Waals surface area contributed by atoms with Gasteiger partial charge in [0, 0.05) is 21.7 Å². The zero-order valence-corrected chi connectivity index (χ0v) is 12.7. The van der Waals surface area contributed by atoms with E-state index < -0.39 is 6.10 Å². The van der Waals surface area contributed by atoms with Crippen molar-refractivity contribution in [2.75, 3.05) is 6.54 Å². The van der Waals surface area contributed by atoms with Gasteiger partial charge in [-0.3, -0.25) is 0 Å². The van der Waals surface area contributed by atoms with Gasteiger partial charge in [0.1, 0.15) is 0 Å².